The van der Waals surface area contributed by atoms with E-state index in [1.54, 1.807) is 12.1 Å². The van der Waals surface area contributed by atoms with Crippen LogP contribution in [-0.2, 0) is 11.2 Å². The summed E-state index contributed by atoms with van der Waals surface area (Å²) in [6, 6.07) is 22.1. The molecule has 0 saturated carbocycles. The highest BCUT2D eigenvalue weighted by atomic mass is 16.5. The molecule has 1 aliphatic rings. The van der Waals surface area contributed by atoms with Gasteiger partial charge < -0.3 is 20.1 Å². The molecule has 3 aromatic rings. The van der Waals surface area contributed by atoms with Crippen LogP contribution >= 0.6 is 0 Å². The van der Waals surface area contributed by atoms with Crippen LogP contribution in [0.3, 0.4) is 0 Å². The van der Waals surface area contributed by atoms with Crippen LogP contribution in [0.15, 0.2) is 72.8 Å². The molecule has 0 fully saturated rings. The van der Waals surface area contributed by atoms with Crippen LogP contribution in [0.2, 0.25) is 0 Å². The highest BCUT2D eigenvalue weighted by molar-refractivity contribution is 6.04. The van der Waals surface area contributed by atoms with Crippen molar-refractivity contribution in [2.75, 3.05) is 18.5 Å². The SMILES string of the molecule is CCOc1ccc2c(c1)CC(C(=O)NC(C)c1cccc(NC(=O)c3ccccc3)c1)CO2. The molecule has 0 bridgehead atoms. The summed E-state index contributed by atoms with van der Waals surface area (Å²) < 4.78 is 11.4. The van der Waals surface area contributed by atoms with Gasteiger partial charge in [-0.3, -0.25) is 9.59 Å². The van der Waals surface area contributed by atoms with E-state index in [0.29, 0.717) is 30.9 Å². The van der Waals surface area contributed by atoms with Crippen molar-refractivity contribution >= 4 is 17.5 Å². The number of rotatable bonds is 7. The van der Waals surface area contributed by atoms with Crippen LogP contribution in [0, 0.1) is 5.92 Å². The maximum Gasteiger partial charge on any atom is 0.255 e. The minimum atomic E-state index is -0.280. The third-order valence-electron chi connectivity index (χ3n) is 5.66. The molecule has 0 radical (unpaired) electrons. The summed E-state index contributed by atoms with van der Waals surface area (Å²) in [4.78, 5) is 25.4. The van der Waals surface area contributed by atoms with Crippen LogP contribution in [0.5, 0.6) is 11.5 Å². The van der Waals surface area contributed by atoms with Crippen molar-refractivity contribution in [1.29, 1.82) is 0 Å². The van der Waals surface area contributed by atoms with Crippen molar-refractivity contribution in [3.8, 4) is 11.5 Å². The highest BCUT2D eigenvalue weighted by Gasteiger charge is 2.27. The molecule has 4 rings (SSSR count). The summed E-state index contributed by atoms with van der Waals surface area (Å²) in [5.41, 5.74) is 3.16. The van der Waals surface area contributed by atoms with Crippen LogP contribution in [-0.4, -0.2) is 25.0 Å². The molecule has 6 heteroatoms. The summed E-state index contributed by atoms with van der Waals surface area (Å²) in [6.45, 7) is 4.80. The fourth-order valence-electron chi connectivity index (χ4n) is 3.89. The normalized spacial score (nSPS) is 15.5. The average Bonchev–Trinajstić information content (AvgIpc) is 2.84. The molecule has 2 unspecified atom stereocenters. The monoisotopic (exact) mass is 444 g/mol. The summed E-state index contributed by atoms with van der Waals surface area (Å²) >= 11 is 0. The molecule has 33 heavy (non-hydrogen) atoms. The lowest BCUT2D eigenvalue weighted by molar-refractivity contribution is -0.126. The Morgan fingerprint density at radius 2 is 1.88 bits per heavy atom. The molecule has 1 heterocycles. The second-order valence-corrected chi connectivity index (χ2v) is 8.09. The zero-order valence-electron chi connectivity index (χ0n) is 18.8. The van der Waals surface area contributed by atoms with Gasteiger partial charge in [-0.05, 0) is 73.9 Å². The maximum atomic E-state index is 13.0. The van der Waals surface area contributed by atoms with Crippen molar-refractivity contribution < 1.29 is 19.1 Å². The van der Waals surface area contributed by atoms with Gasteiger partial charge in [0.05, 0.1) is 18.6 Å². The third-order valence-corrected chi connectivity index (χ3v) is 5.66. The van der Waals surface area contributed by atoms with Gasteiger partial charge in [-0.15, -0.1) is 0 Å². The summed E-state index contributed by atoms with van der Waals surface area (Å²) in [5, 5.41) is 6.00. The first-order valence-corrected chi connectivity index (χ1v) is 11.2. The molecular formula is C27H28N2O4. The molecule has 2 atom stereocenters. The van der Waals surface area contributed by atoms with Crippen molar-refractivity contribution in [1.82, 2.24) is 5.32 Å². The Kier molecular flexibility index (Phi) is 6.93. The molecule has 2 N–H and O–H groups in total. The third kappa shape index (κ3) is 5.52. The fourth-order valence-corrected chi connectivity index (χ4v) is 3.89. The zero-order chi connectivity index (χ0) is 23.2. The van der Waals surface area contributed by atoms with E-state index in [1.807, 2.05) is 74.5 Å². The fraction of sp³-hybridized carbons (Fsp3) is 0.259. The van der Waals surface area contributed by atoms with E-state index in [4.69, 9.17) is 9.47 Å². The number of carbonyl (C=O) groups is 2. The standard InChI is InChI=1S/C27H28N2O4/c1-3-32-24-12-13-25-21(16-24)14-22(17-33-25)27(31)28-18(2)20-10-7-11-23(15-20)29-26(30)19-8-5-4-6-9-19/h4-13,15-16,18,22H,3,14,17H2,1-2H3,(H,28,31)(H,29,30). The number of hydrogen-bond donors (Lipinski definition) is 2. The topological polar surface area (TPSA) is 76.7 Å². The van der Waals surface area contributed by atoms with E-state index in [-0.39, 0.29) is 23.8 Å². The first-order valence-electron chi connectivity index (χ1n) is 11.2. The lowest BCUT2D eigenvalue weighted by Gasteiger charge is -2.26. The van der Waals surface area contributed by atoms with Crippen LogP contribution in [0.4, 0.5) is 5.69 Å². The van der Waals surface area contributed by atoms with Crippen LogP contribution in [0.25, 0.3) is 0 Å². The van der Waals surface area contributed by atoms with E-state index in [2.05, 4.69) is 10.6 Å². The Bertz CT molecular complexity index is 1130. The molecule has 170 valence electrons. The van der Waals surface area contributed by atoms with E-state index in [0.717, 1.165) is 22.6 Å². The van der Waals surface area contributed by atoms with Crippen molar-refractivity contribution in [2.24, 2.45) is 5.92 Å². The van der Waals surface area contributed by atoms with E-state index in [9.17, 15) is 9.59 Å². The minimum Gasteiger partial charge on any atom is -0.494 e. The molecule has 0 saturated heterocycles. The Morgan fingerprint density at radius 1 is 1.06 bits per heavy atom. The van der Waals surface area contributed by atoms with Crippen LogP contribution in [0.1, 0.15) is 41.4 Å². The first-order chi connectivity index (χ1) is 16.0. The van der Waals surface area contributed by atoms with E-state index >= 15 is 0 Å². The summed E-state index contributed by atoms with van der Waals surface area (Å²) in [7, 11) is 0. The molecule has 0 aromatic heterocycles. The Labute approximate surface area is 193 Å². The van der Waals surface area contributed by atoms with Crippen molar-refractivity contribution in [3.63, 3.8) is 0 Å². The number of ether oxygens (including phenoxy) is 2. The molecule has 1 aliphatic heterocycles. The van der Waals surface area contributed by atoms with Gasteiger partial charge in [0.25, 0.3) is 5.91 Å². The number of benzene rings is 3. The second kappa shape index (κ2) is 10.2. The number of carbonyl (C=O) groups excluding carboxylic acids is 2. The van der Waals surface area contributed by atoms with Gasteiger partial charge in [-0.25, -0.2) is 0 Å². The summed E-state index contributed by atoms with van der Waals surface area (Å²) in [5.74, 6) is 1.07. The van der Waals surface area contributed by atoms with Gasteiger partial charge in [0.15, 0.2) is 0 Å². The number of hydrogen-bond acceptors (Lipinski definition) is 4. The molecule has 2 amide bonds. The predicted octanol–water partition coefficient (Wildman–Crippen LogP) is 4.77. The number of anilines is 1. The number of fused-ring (bicyclic) bond motifs is 1. The smallest absolute Gasteiger partial charge is 0.255 e. The van der Waals surface area contributed by atoms with Crippen molar-refractivity contribution in [3.05, 3.63) is 89.5 Å². The Hall–Kier alpha value is -3.80. The molecule has 0 aliphatic carbocycles. The quantitative estimate of drug-likeness (QED) is 0.551. The molecular weight excluding hydrogens is 416 g/mol. The number of nitrogens with one attached hydrogen (secondary N) is 2. The minimum absolute atomic E-state index is 0.0614. The van der Waals surface area contributed by atoms with Gasteiger partial charge in [0, 0.05) is 11.3 Å². The Balaban J connectivity index is 1.38. The van der Waals surface area contributed by atoms with Crippen LogP contribution < -0.4 is 20.1 Å². The van der Waals surface area contributed by atoms with E-state index < -0.39 is 0 Å². The Morgan fingerprint density at radius 3 is 2.67 bits per heavy atom. The number of amides is 2. The second-order valence-electron chi connectivity index (χ2n) is 8.09. The maximum absolute atomic E-state index is 13.0. The van der Waals surface area contributed by atoms with E-state index in [1.165, 1.54) is 0 Å². The largest absolute Gasteiger partial charge is 0.494 e. The van der Waals surface area contributed by atoms with Gasteiger partial charge in [0.1, 0.15) is 18.1 Å². The lowest BCUT2D eigenvalue weighted by Crippen LogP contribution is -2.38. The first kappa shape index (κ1) is 22.4. The molecule has 0 spiro atoms. The lowest BCUT2D eigenvalue weighted by atomic mass is 9.95. The summed E-state index contributed by atoms with van der Waals surface area (Å²) in [6.07, 6.45) is 0.599. The zero-order valence-corrected chi connectivity index (χ0v) is 18.8. The highest BCUT2D eigenvalue weighted by Crippen LogP contribution is 2.31. The average molecular weight is 445 g/mol. The van der Waals surface area contributed by atoms with Gasteiger partial charge in [-0.1, -0.05) is 30.3 Å². The predicted molar refractivity (Wildman–Crippen MR) is 128 cm³/mol. The molecule has 6 nitrogen and oxygen atoms in total. The van der Waals surface area contributed by atoms with Crippen molar-refractivity contribution in [2.45, 2.75) is 26.3 Å². The van der Waals surface area contributed by atoms with Gasteiger partial charge in [0.2, 0.25) is 5.91 Å². The van der Waals surface area contributed by atoms with Gasteiger partial charge >= 0.3 is 0 Å². The molecule has 3 aromatic carbocycles. The van der Waals surface area contributed by atoms with Gasteiger partial charge in [-0.2, -0.15) is 0 Å².